The fraction of sp³-hybridized carbons (Fsp3) is 0.0976. The quantitative estimate of drug-likeness (QED) is 0.118. The summed E-state index contributed by atoms with van der Waals surface area (Å²) in [5.74, 6) is -5.70. The monoisotopic (exact) mass is 905 g/mol. The number of pyridine rings is 2. The van der Waals surface area contributed by atoms with Crippen LogP contribution in [0, 0.1) is 11.6 Å². The molecule has 3 aromatic carbocycles. The lowest BCUT2D eigenvalue weighted by Crippen LogP contribution is -2.30. The first-order valence-electron chi connectivity index (χ1n) is 17.6. The van der Waals surface area contributed by atoms with Gasteiger partial charge in [-0.25, -0.2) is 18.7 Å². The summed E-state index contributed by atoms with van der Waals surface area (Å²) in [4.78, 5) is 69.8. The standard InChI is InChI=1S/C23H17BrFN3O3.C18H12F4N4O4/c24-17-8-11-19-27-20(22(29)26-12-15-6-9-18(25)10-7-15)21(23(30)28(19)13-17)31-14-16-4-2-1-3-5-16;19-10-3-1-9(2-4-10)7-23-15(28)13-14(27)16(29)26-8-11(5-6-12(26)25-13)24-17(30)18(20,21)22/h1-11,13H,12,14H2,(H,26,29);1-6,8,27H,7H2,(H,23,28)(H,24,30). The van der Waals surface area contributed by atoms with Crippen molar-refractivity contribution in [1.82, 2.24) is 29.4 Å². The Morgan fingerprint density at radius 2 is 1.20 bits per heavy atom. The number of nitrogens with zero attached hydrogens (tertiary/aromatic N) is 4. The molecule has 0 saturated heterocycles. The number of halogens is 6. The van der Waals surface area contributed by atoms with Crippen molar-refractivity contribution >= 4 is 50.6 Å². The van der Waals surface area contributed by atoms with Crippen LogP contribution in [0.5, 0.6) is 11.5 Å². The number of nitrogens with one attached hydrogen (secondary N) is 3. The lowest BCUT2D eigenvalue weighted by atomic mass is 10.2. The predicted octanol–water partition coefficient (Wildman–Crippen LogP) is 6.08. The minimum absolute atomic E-state index is 0.0397. The van der Waals surface area contributed by atoms with Crippen molar-refractivity contribution in [3.63, 3.8) is 0 Å². The van der Waals surface area contributed by atoms with Crippen molar-refractivity contribution < 1.29 is 46.2 Å². The Labute approximate surface area is 348 Å². The minimum Gasteiger partial charge on any atom is -0.501 e. The number of hydrogen-bond acceptors (Lipinski definition) is 9. The predicted molar refractivity (Wildman–Crippen MR) is 213 cm³/mol. The first-order chi connectivity index (χ1) is 29.1. The largest absolute Gasteiger partial charge is 0.501 e. The molecule has 0 spiro atoms. The van der Waals surface area contributed by atoms with Crippen LogP contribution in [0.15, 0.2) is 130 Å². The maximum absolute atomic E-state index is 13.1. The number of rotatable bonds is 10. The summed E-state index contributed by atoms with van der Waals surface area (Å²) < 4.78 is 71.5. The summed E-state index contributed by atoms with van der Waals surface area (Å²) in [6.45, 7) is 0.219. The van der Waals surface area contributed by atoms with Gasteiger partial charge in [0, 0.05) is 30.0 Å². The highest BCUT2D eigenvalue weighted by Gasteiger charge is 2.38. The highest BCUT2D eigenvalue weighted by atomic mass is 79.9. The lowest BCUT2D eigenvalue weighted by molar-refractivity contribution is -0.167. The van der Waals surface area contributed by atoms with Crippen LogP contribution in [0.1, 0.15) is 37.7 Å². The van der Waals surface area contributed by atoms with Gasteiger partial charge in [-0.1, -0.05) is 54.6 Å². The van der Waals surface area contributed by atoms with E-state index in [4.69, 9.17) is 4.74 Å². The molecule has 312 valence electrons. The van der Waals surface area contributed by atoms with Gasteiger partial charge in [0.1, 0.15) is 29.5 Å². The zero-order valence-corrected chi connectivity index (χ0v) is 32.6. The third-order valence-corrected chi connectivity index (χ3v) is 8.92. The van der Waals surface area contributed by atoms with E-state index < -0.39 is 52.3 Å². The van der Waals surface area contributed by atoms with Gasteiger partial charge < -0.3 is 25.8 Å². The highest BCUT2D eigenvalue weighted by molar-refractivity contribution is 9.10. The van der Waals surface area contributed by atoms with E-state index in [-0.39, 0.29) is 48.3 Å². The van der Waals surface area contributed by atoms with Crippen LogP contribution in [0.2, 0.25) is 0 Å². The summed E-state index contributed by atoms with van der Waals surface area (Å²) in [6.07, 6.45) is -2.73. The third-order valence-electron chi connectivity index (χ3n) is 8.45. The molecule has 0 bridgehead atoms. The average Bonchev–Trinajstić information content (AvgIpc) is 3.24. The zero-order valence-electron chi connectivity index (χ0n) is 31.0. The van der Waals surface area contributed by atoms with Crippen molar-refractivity contribution in [1.29, 1.82) is 0 Å². The summed E-state index contributed by atoms with van der Waals surface area (Å²) in [6, 6.07) is 25.8. The Kier molecular flexibility index (Phi) is 13.2. The maximum atomic E-state index is 13.1. The molecule has 3 amide bonds. The number of aromatic nitrogens is 4. The number of carbonyl (C=O) groups is 3. The smallest absolute Gasteiger partial charge is 0.471 e. The zero-order chi connectivity index (χ0) is 43.8. The van der Waals surface area contributed by atoms with E-state index in [0.717, 1.165) is 23.9 Å². The first-order valence-corrected chi connectivity index (χ1v) is 18.4. The van der Waals surface area contributed by atoms with E-state index in [1.165, 1.54) is 40.8 Å². The molecule has 0 atom stereocenters. The van der Waals surface area contributed by atoms with Gasteiger partial charge in [-0.3, -0.25) is 32.8 Å². The number of hydrogen-bond donors (Lipinski definition) is 4. The van der Waals surface area contributed by atoms with Crippen molar-refractivity contribution in [2.45, 2.75) is 25.9 Å². The number of amides is 3. The van der Waals surface area contributed by atoms with E-state index in [0.29, 0.717) is 25.6 Å². The van der Waals surface area contributed by atoms with Crippen molar-refractivity contribution in [2.24, 2.45) is 0 Å². The molecule has 14 nitrogen and oxygen atoms in total. The van der Waals surface area contributed by atoms with E-state index in [9.17, 15) is 51.0 Å². The summed E-state index contributed by atoms with van der Waals surface area (Å²) >= 11 is 3.34. The fourth-order valence-electron chi connectivity index (χ4n) is 5.41. The molecule has 4 aromatic heterocycles. The second-order valence-electron chi connectivity index (χ2n) is 12.8. The van der Waals surface area contributed by atoms with Crippen LogP contribution < -0.4 is 31.8 Å². The molecule has 0 aliphatic carbocycles. The van der Waals surface area contributed by atoms with Gasteiger partial charge in [-0.15, -0.1) is 0 Å². The molecule has 0 fully saturated rings. The Balaban J connectivity index is 0.000000204. The molecule has 7 aromatic rings. The summed E-state index contributed by atoms with van der Waals surface area (Å²) in [5, 5.41) is 16.7. The maximum Gasteiger partial charge on any atom is 0.471 e. The van der Waals surface area contributed by atoms with Gasteiger partial charge in [0.2, 0.25) is 11.5 Å². The van der Waals surface area contributed by atoms with Crippen molar-refractivity contribution in [2.75, 3.05) is 5.32 Å². The Bertz CT molecular complexity index is 2880. The molecule has 20 heteroatoms. The van der Waals surface area contributed by atoms with Gasteiger partial charge in [-0.05, 0) is 81.2 Å². The number of anilines is 1. The fourth-order valence-corrected chi connectivity index (χ4v) is 5.75. The van der Waals surface area contributed by atoms with Gasteiger partial charge in [0.15, 0.2) is 11.4 Å². The van der Waals surface area contributed by atoms with Crippen molar-refractivity contribution in [3.8, 4) is 11.5 Å². The number of ether oxygens (including phenoxy) is 1. The molecule has 4 N–H and O–H groups in total. The molecule has 7 rings (SSSR count). The third kappa shape index (κ3) is 10.8. The molecule has 0 unspecified atom stereocenters. The second kappa shape index (κ2) is 18.6. The van der Waals surface area contributed by atoms with Crippen LogP contribution in [0.25, 0.3) is 11.3 Å². The lowest BCUT2D eigenvalue weighted by Gasteiger charge is -2.13. The molecule has 0 saturated carbocycles. The minimum atomic E-state index is -5.13. The topological polar surface area (TPSA) is 186 Å². The first kappa shape index (κ1) is 43.1. The van der Waals surface area contributed by atoms with Gasteiger partial charge in [0.25, 0.3) is 11.8 Å². The number of fused-ring (bicyclic) bond motifs is 2. The number of carbonyl (C=O) groups excluding carboxylic acids is 3. The van der Waals surface area contributed by atoms with Crippen molar-refractivity contribution in [3.05, 3.63) is 180 Å². The Morgan fingerprint density at radius 1 is 0.672 bits per heavy atom. The second-order valence-corrected chi connectivity index (χ2v) is 13.7. The molecule has 4 heterocycles. The molecular formula is C41H29BrF5N7O7. The van der Waals surface area contributed by atoms with Crippen LogP contribution >= 0.6 is 15.9 Å². The van der Waals surface area contributed by atoms with E-state index in [2.05, 4.69) is 36.5 Å². The van der Waals surface area contributed by atoms with Crippen LogP contribution in [0.3, 0.4) is 0 Å². The van der Waals surface area contributed by atoms with Crippen LogP contribution in [-0.2, 0) is 24.5 Å². The molecule has 61 heavy (non-hydrogen) atoms. The molecule has 0 radical (unpaired) electrons. The van der Waals surface area contributed by atoms with E-state index in [1.807, 2.05) is 30.3 Å². The van der Waals surface area contributed by atoms with E-state index in [1.54, 1.807) is 35.8 Å². The number of aromatic hydroxyl groups is 1. The summed E-state index contributed by atoms with van der Waals surface area (Å²) in [7, 11) is 0. The molecule has 0 aliphatic heterocycles. The summed E-state index contributed by atoms with van der Waals surface area (Å²) in [5.41, 5.74) is -0.444. The number of benzene rings is 3. The average molecular weight is 907 g/mol. The normalized spacial score (nSPS) is 11.0. The Morgan fingerprint density at radius 3 is 1.77 bits per heavy atom. The number of alkyl halides is 3. The Hall–Kier alpha value is -7.48. The SMILES string of the molecule is O=C(NCc1ccc(F)cc1)c1nc2ccc(Br)cn2c(=O)c1OCc1ccccc1.O=C(NCc1ccc(F)cc1)c1nc2ccc(NC(=O)C(F)(F)F)cn2c(=O)c1O. The molecular weight excluding hydrogens is 877 g/mol. The van der Waals surface area contributed by atoms with E-state index >= 15 is 0 Å². The van der Waals surface area contributed by atoms with Gasteiger partial charge in [0.05, 0.1) is 5.69 Å². The van der Waals surface area contributed by atoms with Gasteiger partial charge >= 0.3 is 23.2 Å². The highest BCUT2D eigenvalue weighted by Crippen LogP contribution is 2.20. The van der Waals surface area contributed by atoms with Gasteiger partial charge in [-0.2, -0.15) is 13.2 Å². The van der Waals surface area contributed by atoms with Crippen LogP contribution in [0.4, 0.5) is 27.6 Å². The van der Waals surface area contributed by atoms with Crippen LogP contribution in [-0.4, -0.2) is 47.8 Å². The molecule has 0 aliphatic rings.